The summed E-state index contributed by atoms with van der Waals surface area (Å²) in [5, 5.41) is 3.88. The van der Waals surface area contributed by atoms with Crippen LogP contribution in [-0.4, -0.2) is 18.1 Å². The molecule has 0 bridgehead atoms. The van der Waals surface area contributed by atoms with Crippen LogP contribution in [0.1, 0.15) is 26.0 Å². The Kier molecular flexibility index (Phi) is 4.14. The van der Waals surface area contributed by atoms with Crippen LogP contribution in [0.3, 0.4) is 0 Å². The van der Waals surface area contributed by atoms with Gasteiger partial charge in [-0.3, -0.25) is 0 Å². The van der Waals surface area contributed by atoms with Gasteiger partial charge >= 0.3 is 0 Å². The van der Waals surface area contributed by atoms with Gasteiger partial charge in [0.05, 0.1) is 6.61 Å². The second-order valence-corrected chi connectivity index (χ2v) is 4.01. The monoisotopic (exact) mass is 266 g/mol. The van der Waals surface area contributed by atoms with E-state index in [1.165, 1.54) is 6.07 Å². The zero-order valence-electron chi connectivity index (χ0n) is 10.9. The van der Waals surface area contributed by atoms with Crippen LogP contribution in [0, 0.1) is 0 Å². The molecule has 2 rings (SSSR count). The van der Waals surface area contributed by atoms with Crippen molar-refractivity contribution in [3.05, 3.63) is 30.0 Å². The molecule has 0 fully saturated rings. The molecular weight excluding hydrogens is 250 g/mol. The molecule has 5 heteroatoms. The Hall–Kier alpha value is -1.91. The summed E-state index contributed by atoms with van der Waals surface area (Å²) in [6.07, 6.45) is -2.60. The summed E-state index contributed by atoms with van der Waals surface area (Å²) in [6.45, 7) is 4.89. The topological polar surface area (TPSA) is 34.2 Å². The summed E-state index contributed by atoms with van der Waals surface area (Å²) < 4.78 is 31.3. The van der Waals surface area contributed by atoms with E-state index in [-0.39, 0.29) is 5.69 Å². The van der Waals surface area contributed by atoms with Crippen molar-refractivity contribution >= 4 is 16.6 Å². The lowest BCUT2D eigenvalue weighted by molar-refractivity contribution is 0.146. The van der Waals surface area contributed by atoms with E-state index in [1.54, 1.807) is 6.07 Å². The fourth-order valence-electron chi connectivity index (χ4n) is 1.96. The van der Waals surface area contributed by atoms with Crippen LogP contribution in [0.4, 0.5) is 14.5 Å². The number of aromatic nitrogens is 1. The average molecular weight is 266 g/mol. The number of rotatable bonds is 5. The summed E-state index contributed by atoms with van der Waals surface area (Å²) in [5.74, 6) is 0.529. The molecule has 0 aliphatic rings. The minimum Gasteiger partial charge on any atom is -0.492 e. The minimum absolute atomic E-state index is 0.240. The van der Waals surface area contributed by atoms with Gasteiger partial charge in [0.1, 0.15) is 17.0 Å². The molecule has 0 saturated carbocycles. The molecule has 3 nitrogen and oxygen atoms in total. The summed E-state index contributed by atoms with van der Waals surface area (Å²) in [4.78, 5) is 4.02. The second kappa shape index (κ2) is 5.82. The highest BCUT2D eigenvalue weighted by Gasteiger charge is 2.15. The number of nitrogens with one attached hydrogen (secondary N) is 1. The Labute approximate surface area is 110 Å². The van der Waals surface area contributed by atoms with Crippen LogP contribution in [0.15, 0.2) is 24.3 Å². The van der Waals surface area contributed by atoms with Gasteiger partial charge in [-0.25, -0.2) is 13.8 Å². The molecule has 1 heterocycles. The van der Waals surface area contributed by atoms with Crippen molar-refractivity contribution in [3.63, 3.8) is 0 Å². The second-order valence-electron chi connectivity index (χ2n) is 4.01. The molecule has 1 N–H and O–H groups in total. The lowest BCUT2D eigenvalue weighted by Gasteiger charge is -2.13. The first-order valence-electron chi connectivity index (χ1n) is 6.25. The third kappa shape index (κ3) is 2.75. The molecule has 0 aliphatic carbocycles. The molecule has 1 aromatic carbocycles. The number of nitrogens with zero attached hydrogens (tertiary/aromatic N) is 1. The summed E-state index contributed by atoms with van der Waals surface area (Å²) in [6, 6.07) is 6.81. The molecule has 0 spiro atoms. The van der Waals surface area contributed by atoms with Gasteiger partial charge in [-0.1, -0.05) is 12.1 Å². The molecule has 0 atom stereocenters. The summed E-state index contributed by atoms with van der Waals surface area (Å²) in [7, 11) is 0. The predicted molar refractivity (Wildman–Crippen MR) is 72.0 cm³/mol. The third-order valence-corrected chi connectivity index (χ3v) is 2.71. The highest BCUT2D eigenvalue weighted by Crippen LogP contribution is 2.32. The predicted octanol–water partition coefficient (Wildman–Crippen LogP) is 4.00. The Morgan fingerprint density at radius 1 is 1.32 bits per heavy atom. The Balaban J connectivity index is 2.67. The SMILES string of the molecule is CCNc1cc(C(F)F)nc2c(OCC)cccc12. The van der Waals surface area contributed by atoms with Gasteiger partial charge in [-0.05, 0) is 26.0 Å². The van der Waals surface area contributed by atoms with Crippen molar-refractivity contribution in [3.8, 4) is 5.75 Å². The molecule has 2 aromatic rings. The van der Waals surface area contributed by atoms with Crippen LogP contribution >= 0.6 is 0 Å². The van der Waals surface area contributed by atoms with Crippen molar-refractivity contribution in [1.82, 2.24) is 4.98 Å². The standard InChI is InChI=1S/C14H16F2N2O/c1-3-17-10-8-11(14(15)16)18-13-9(10)6-5-7-12(13)19-4-2/h5-8,14H,3-4H2,1-2H3,(H,17,18). The number of ether oxygens (including phenoxy) is 1. The average Bonchev–Trinajstić information content (AvgIpc) is 2.40. The molecular formula is C14H16F2N2O. The van der Waals surface area contributed by atoms with Crippen molar-refractivity contribution in [2.45, 2.75) is 20.3 Å². The number of hydrogen-bond acceptors (Lipinski definition) is 3. The fourth-order valence-corrected chi connectivity index (χ4v) is 1.96. The van der Waals surface area contributed by atoms with Crippen LogP contribution in [0.25, 0.3) is 10.9 Å². The number of fused-ring (bicyclic) bond motifs is 1. The van der Waals surface area contributed by atoms with Gasteiger partial charge in [0.2, 0.25) is 0 Å². The number of halogens is 2. The fraction of sp³-hybridized carbons (Fsp3) is 0.357. The number of alkyl halides is 2. The Morgan fingerprint density at radius 2 is 2.11 bits per heavy atom. The van der Waals surface area contributed by atoms with Crippen molar-refractivity contribution in [2.24, 2.45) is 0 Å². The first-order chi connectivity index (χ1) is 9.17. The number of hydrogen-bond donors (Lipinski definition) is 1. The molecule has 0 amide bonds. The first-order valence-corrected chi connectivity index (χ1v) is 6.25. The first kappa shape index (κ1) is 13.5. The normalized spacial score (nSPS) is 11.0. The lowest BCUT2D eigenvalue weighted by atomic mass is 10.1. The maximum atomic E-state index is 12.9. The highest BCUT2D eigenvalue weighted by molar-refractivity contribution is 5.95. The van der Waals surface area contributed by atoms with Gasteiger partial charge < -0.3 is 10.1 Å². The number of para-hydroxylation sites is 1. The number of benzene rings is 1. The van der Waals surface area contributed by atoms with Gasteiger partial charge in [-0.2, -0.15) is 0 Å². The van der Waals surface area contributed by atoms with E-state index < -0.39 is 6.43 Å². The maximum Gasteiger partial charge on any atom is 0.280 e. The van der Waals surface area contributed by atoms with Gasteiger partial charge in [0.25, 0.3) is 6.43 Å². The van der Waals surface area contributed by atoms with E-state index in [4.69, 9.17) is 4.74 Å². The lowest BCUT2D eigenvalue weighted by Crippen LogP contribution is -2.02. The number of pyridine rings is 1. The quantitative estimate of drug-likeness (QED) is 0.888. The van der Waals surface area contributed by atoms with Crippen LogP contribution in [0.5, 0.6) is 5.75 Å². The number of anilines is 1. The van der Waals surface area contributed by atoms with Crippen LogP contribution in [-0.2, 0) is 0 Å². The summed E-state index contributed by atoms with van der Waals surface area (Å²) >= 11 is 0. The van der Waals surface area contributed by atoms with Crippen LogP contribution < -0.4 is 10.1 Å². The van der Waals surface area contributed by atoms with Gasteiger partial charge in [0, 0.05) is 17.6 Å². The highest BCUT2D eigenvalue weighted by atomic mass is 19.3. The maximum absolute atomic E-state index is 12.9. The smallest absolute Gasteiger partial charge is 0.280 e. The molecule has 19 heavy (non-hydrogen) atoms. The molecule has 0 aliphatic heterocycles. The largest absolute Gasteiger partial charge is 0.492 e. The molecule has 0 unspecified atom stereocenters. The minimum atomic E-state index is -2.60. The van der Waals surface area contributed by atoms with E-state index in [0.29, 0.717) is 30.1 Å². The van der Waals surface area contributed by atoms with E-state index in [0.717, 1.165) is 5.39 Å². The van der Waals surface area contributed by atoms with Gasteiger partial charge in [0.15, 0.2) is 0 Å². The van der Waals surface area contributed by atoms with E-state index in [9.17, 15) is 8.78 Å². The summed E-state index contributed by atoms with van der Waals surface area (Å²) in [5.41, 5.74) is 0.887. The molecule has 0 radical (unpaired) electrons. The Bertz CT molecular complexity index is 573. The molecule has 1 aromatic heterocycles. The van der Waals surface area contributed by atoms with E-state index >= 15 is 0 Å². The Morgan fingerprint density at radius 3 is 2.74 bits per heavy atom. The molecule has 102 valence electrons. The zero-order valence-corrected chi connectivity index (χ0v) is 10.9. The third-order valence-electron chi connectivity index (χ3n) is 2.71. The van der Waals surface area contributed by atoms with Crippen molar-refractivity contribution in [2.75, 3.05) is 18.5 Å². The zero-order chi connectivity index (χ0) is 13.8. The van der Waals surface area contributed by atoms with Gasteiger partial charge in [-0.15, -0.1) is 0 Å². The van der Waals surface area contributed by atoms with Crippen molar-refractivity contribution in [1.29, 1.82) is 0 Å². The van der Waals surface area contributed by atoms with E-state index in [2.05, 4.69) is 10.3 Å². The molecule has 0 saturated heterocycles. The van der Waals surface area contributed by atoms with Crippen LogP contribution in [0.2, 0.25) is 0 Å². The van der Waals surface area contributed by atoms with E-state index in [1.807, 2.05) is 26.0 Å². The van der Waals surface area contributed by atoms with Crippen molar-refractivity contribution < 1.29 is 13.5 Å².